The third kappa shape index (κ3) is 3.11. The predicted octanol–water partition coefficient (Wildman–Crippen LogP) is 3.69. The molecular formula is C9H8Cl2F2O2. The van der Waals surface area contributed by atoms with Gasteiger partial charge in [0.15, 0.2) is 11.5 Å². The summed E-state index contributed by atoms with van der Waals surface area (Å²) in [7, 11) is 1.34. The standard InChI is InChI=1S/C9H8Cl2F2O2/c1-14-7-3-5(4-10)2-6(11)8(7)15-9(12)13/h2-3,9H,4H2,1H3. The summed E-state index contributed by atoms with van der Waals surface area (Å²) >= 11 is 11.3. The van der Waals surface area contributed by atoms with E-state index in [-0.39, 0.29) is 22.4 Å². The summed E-state index contributed by atoms with van der Waals surface area (Å²) < 4.78 is 33.2. The lowest BCUT2D eigenvalue weighted by Gasteiger charge is -2.12. The van der Waals surface area contributed by atoms with Crippen LogP contribution in [-0.4, -0.2) is 13.7 Å². The Balaban J connectivity index is 3.12. The first-order valence-electron chi connectivity index (χ1n) is 3.95. The zero-order valence-corrected chi connectivity index (χ0v) is 9.28. The Labute approximate surface area is 95.7 Å². The second kappa shape index (κ2) is 5.37. The second-order valence-electron chi connectivity index (χ2n) is 2.62. The van der Waals surface area contributed by atoms with Crippen LogP contribution in [0.3, 0.4) is 0 Å². The molecule has 0 spiro atoms. The number of alkyl halides is 3. The Bertz CT molecular complexity index is 345. The van der Waals surface area contributed by atoms with Gasteiger partial charge in [0.1, 0.15) is 0 Å². The van der Waals surface area contributed by atoms with Gasteiger partial charge in [-0.1, -0.05) is 11.6 Å². The largest absolute Gasteiger partial charge is 0.493 e. The summed E-state index contributed by atoms with van der Waals surface area (Å²) in [6.45, 7) is -2.95. The lowest BCUT2D eigenvalue weighted by molar-refractivity contribution is -0.0511. The van der Waals surface area contributed by atoms with Crippen LogP contribution in [0.15, 0.2) is 12.1 Å². The first kappa shape index (κ1) is 12.3. The average molecular weight is 257 g/mol. The maximum Gasteiger partial charge on any atom is 0.387 e. The zero-order valence-electron chi connectivity index (χ0n) is 7.77. The van der Waals surface area contributed by atoms with Gasteiger partial charge in [-0.25, -0.2) is 0 Å². The van der Waals surface area contributed by atoms with E-state index in [2.05, 4.69) is 4.74 Å². The topological polar surface area (TPSA) is 18.5 Å². The molecule has 0 bridgehead atoms. The van der Waals surface area contributed by atoms with Crippen molar-refractivity contribution in [3.05, 3.63) is 22.7 Å². The van der Waals surface area contributed by atoms with Crippen LogP contribution in [-0.2, 0) is 5.88 Å². The molecule has 1 rings (SSSR count). The first-order valence-corrected chi connectivity index (χ1v) is 4.87. The highest BCUT2D eigenvalue weighted by Gasteiger charge is 2.15. The van der Waals surface area contributed by atoms with Crippen molar-refractivity contribution in [1.82, 2.24) is 0 Å². The number of halogens is 4. The van der Waals surface area contributed by atoms with E-state index >= 15 is 0 Å². The number of ether oxygens (including phenoxy) is 2. The summed E-state index contributed by atoms with van der Waals surface area (Å²) in [6.07, 6.45) is 0. The van der Waals surface area contributed by atoms with Gasteiger partial charge in [0.05, 0.1) is 12.1 Å². The maximum atomic E-state index is 12.0. The summed E-state index contributed by atoms with van der Waals surface area (Å²) in [5.41, 5.74) is 0.667. The van der Waals surface area contributed by atoms with Crippen molar-refractivity contribution in [2.24, 2.45) is 0 Å². The normalized spacial score (nSPS) is 10.5. The number of hydrogen-bond donors (Lipinski definition) is 0. The van der Waals surface area contributed by atoms with Crippen molar-refractivity contribution in [2.45, 2.75) is 12.5 Å². The minimum Gasteiger partial charge on any atom is -0.493 e. The van der Waals surface area contributed by atoms with Crippen molar-refractivity contribution in [3.63, 3.8) is 0 Å². The number of hydrogen-bond acceptors (Lipinski definition) is 2. The van der Waals surface area contributed by atoms with Crippen molar-refractivity contribution in [3.8, 4) is 11.5 Å². The summed E-state index contributed by atoms with van der Waals surface area (Å²) in [5, 5.41) is 0.0466. The Morgan fingerprint density at radius 2 is 2.07 bits per heavy atom. The molecule has 2 nitrogen and oxygen atoms in total. The Kier molecular flexibility index (Phi) is 4.42. The predicted molar refractivity (Wildman–Crippen MR) is 54.2 cm³/mol. The fourth-order valence-corrected chi connectivity index (χ4v) is 1.49. The molecule has 0 radical (unpaired) electrons. The molecule has 6 heteroatoms. The maximum absolute atomic E-state index is 12.0. The van der Waals surface area contributed by atoms with Crippen LogP contribution in [0.25, 0.3) is 0 Å². The lowest BCUT2D eigenvalue weighted by atomic mass is 10.2. The van der Waals surface area contributed by atoms with E-state index < -0.39 is 6.61 Å². The van der Waals surface area contributed by atoms with Crippen molar-refractivity contribution in [1.29, 1.82) is 0 Å². The molecule has 1 aromatic carbocycles. The minimum atomic E-state index is -2.95. The Morgan fingerprint density at radius 1 is 1.40 bits per heavy atom. The van der Waals surface area contributed by atoms with Gasteiger partial charge >= 0.3 is 6.61 Å². The van der Waals surface area contributed by atoms with Crippen LogP contribution in [0.1, 0.15) is 5.56 Å². The van der Waals surface area contributed by atoms with Gasteiger partial charge in [0.25, 0.3) is 0 Å². The van der Waals surface area contributed by atoms with E-state index in [1.54, 1.807) is 0 Å². The molecule has 0 saturated heterocycles. The Morgan fingerprint density at radius 3 is 2.53 bits per heavy atom. The van der Waals surface area contributed by atoms with Crippen LogP contribution in [0.4, 0.5) is 8.78 Å². The molecule has 0 aromatic heterocycles. The summed E-state index contributed by atoms with van der Waals surface area (Å²) in [4.78, 5) is 0. The highest BCUT2D eigenvalue weighted by Crippen LogP contribution is 2.37. The van der Waals surface area contributed by atoms with Gasteiger partial charge in [-0.3, -0.25) is 0 Å². The monoisotopic (exact) mass is 256 g/mol. The van der Waals surface area contributed by atoms with E-state index in [0.29, 0.717) is 5.56 Å². The fraction of sp³-hybridized carbons (Fsp3) is 0.333. The van der Waals surface area contributed by atoms with E-state index in [0.717, 1.165) is 0 Å². The molecular weight excluding hydrogens is 249 g/mol. The lowest BCUT2D eigenvalue weighted by Crippen LogP contribution is -2.04. The van der Waals surface area contributed by atoms with E-state index in [1.807, 2.05) is 0 Å². The first-order chi connectivity index (χ1) is 7.08. The molecule has 0 unspecified atom stereocenters. The van der Waals surface area contributed by atoms with E-state index in [1.165, 1.54) is 19.2 Å². The van der Waals surface area contributed by atoms with Crippen LogP contribution < -0.4 is 9.47 Å². The van der Waals surface area contributed by atoms with Crippen LogP contribution in [0.5, 0.6) is 11.5 Å². The van der Waals surface area contributed by atoms with Crippen LogP contribution in [0.2, 0.25) is 5.02 Å². The zero-order chi connectivity index (χ0) is 11.4. The van der Waals surface area contributed by atoms with Crippen molar-refractivity contribution >= 4 is 23.2 Å². The molecule has 0 atom stereocenters. The molecule has 0 heterocycles. The fourth-order valence-electron chi connectivity index (χ4n) is 1.05. The molecule has 0 aliphatic heterocycles. The van der Waals surface area contributed by atoms with Gasteiger partial charge in [-0.05, 0) is 17.7 Å². The van der Waals surface area contributed by atoms with Crippen LogP contribution >= 0.6 is 23.2 Å². The molecule has 0 aliphatic rings. The molecule has 0 N–H and O–H groups in total. The molecule has 0 saturated carbocycles. The van der Waals surface area contributed by atoms with Crippen molar-refractivity contribution in [2.75, 3.05) is 7.11 Å². The number of methoxy groups -OCH3 is 1. The summed E-state index contributed by atoms with van der Waals surface area (Å²) in [5.74, 6) is 0.173. The van der Waals surface area contributed by atoms with Gasteiger partial charge in [0.2, 0.25) is 0 Å². The molecule has 84 valence electrons. The molecule has 0 aliphatic carbocycles. The van der Waals surface area contributed by atoms with Crippen LogP contribution in [0, 0.1) is 0 Å². The van der Waals surface area contributed by atoms with Crippen molar-refractivity contribution < 1.29 is 18.3 Å². The molecule has 0 fully saturated rings. The highest BCUT2D eigenvalue weighted by molar-refractivity contribution is 6.32. The number of rotatable bonds is 4. The van der Waals surface area contributed by atoms with Gasteiger partial charge < -0.3 is 9.47 Å². The molecule has 0 amide bonds. The average Bonchev–Trinajstić information content (AvgIpc) is 2.20. The van der Waals surface area contributed by atoms with E-state index in [4.69, 9.17) is 27.9 Å². The Hall–Kier alpha value is -0.740. The summed E-state index contributed by atoms with van der Waals surface area (Å²) in [6, 6.07) is 2.95. The van der Waals surface area contributed by atoms with Gasteiger partial charge in [0, 0.05) is 5.88 Å². The number of benzene rings is 1. The molecule has 1 aromatic rings. The third-order valence-electron chi connectivity index (χ3n) is 1.65. The highest BCUT2D eigenvalue weighted by atomic mass is 35.5. The smallest absolute Gasteiger partial charge is 0.387 e. The quantitative estimate of drug-likeness (QED) is 0.766. The molecule has 15 heavy (non-hydrogen) atoms. The van der Waals surface area contributed by atoms with E-state index in [9.17, 15) is 8.78 Å². The minimum absolute atomic E-state index is 0.0466. The third-order valence-corrected chi connectivity index (χ3v) is 2.24. The SMILES string of the molecule is COc1cc(CCl)cc(Cl)c1OC(F)F. The van der Waals surface area contributed by atoms with Gasteiger partial charge in [-0.15, -0.1) is 11.6 Å². The van der Waals surface area contributed by atoms with Gasteiger partial charge in [-0.2, -0.15) is 8.78 Å². The second-order valence-corrected chi connectivity index (χ2v) is 3.30.